The van der Waals surface area contributed by atoms with Crippen molar-refractivity contribution in [3.63, 3.8) is 0 Å². The summed E-state index contributed by atoms with van der Waals surface area (Å²) in [6.45, 7) is 3.37. The number of nitrogens with zero attached hydrogens (tertiary/aromatic N) is 3. The van der Waals surface area contributed by atoms with Gasteiger partial charge in [-0.1, -0.05) is 24.2 Å². The zero-order valence-corrected chi connectivity index (χ0v) is 14.3. The lowest BCUT2D eigenvalue weighted by molar-refractivity contribution is -0.128. The van der Waals surface area contributed by atoms with Gasteiger partial charge in [0.05, 0.1) is 5.92 Å². The SMILES string of the molecule is CCCc1noc(C2CC(=O)N(Cc3ccc(SC)cc3)C2)n1. The number of likely N-dealkylation sites (tertiary alicyclic amines) is 1. The first-order valence-electron chi connectivity index (χ1n) is 7.92. The number of thioether (sulfide) groups is 1. The van der Waals surface area contributed by atoms with Crippen molar-refractivity contribution in [2.45, 2.75) is 43.5 Å². The highest BCUT2D eigenvalue weighted by molar-refractivity contribution is 7.98. The molecule has 0 spiro atoms. The van der Waals surface area contributed by atoms with Crippen molar-refractivity contribution >= 4 is 17.7 Å². The topological polar surface area (TPSA) is 59.2 Å². The molecule has 6 heteroatoms. The molecule has 122 valence electrons. The summed E-state index contributed by atoms with van der Waals surface area (Å²) < 4.78 is 5.34. The van der Waals surface area contributed by atoms with E-state index in [1.165, 1.54) is 4.90 Å². The smallest absolute Gasteiger partial charge is 0.232 e. The molecule has 0 radical (unpaired) electrons. The molecule has 1 amide bonds. The number of carbonyl (C=O) groups is 1. The van der Waals surface area contributed by atoms with Crippen LogP contribution in [-0.2, 0) is 17.8 Å². The van der Waals surface area contributed by atoms with Gasteiger partial charge in [0.2, 0.25) is 11.8 Å². The van der Waals surface area contributed by atoms with Gasteiger partial charge >= 0.3 is 0 Å². The van der Waals surface area contributed by atoms with E-state index < -0.39 is 0 Å². The molecular weight excluding hydrogens is 310 g/mol. The van der Waals surface area contributed by atoms with Crippen LogP contribution in [0.3, 0.4) is 0 Å². The predicted molar refractivity (Wildman–Crippen MR) is 89.3 cm³/mol. The van der Waals surface area contributed by atoms with Crippen molar-refractivity contribution in [3.8, 4) is 0 Å². The number of hydrogen-bond donors (Lipinski definition) is 0. The minimum atomic E-state index is 0.0195. The first-order chi connectivity index (χ1) is 11.2. The molecule has 0 aliphatic carbocycles. The Bertz CT molecular complexity index is 669. The fraction of sp³-hybridized carbons (Fsp3) is 0.471. The number of hydrogen-bond acceptors (Lipinski definition) is 5. The van der Waals surface area contributed by atoms with Gasteiger partial charge in [-0.25, -0.2) is 0 Å². The number of carbonyl (C=O) groups excluding carboxylic acids is 1. The Morgan fingerprint density at radius 3 is 2.83 bits per heavy atom. The minimum absolute atomic E-state index is 0.0195. The molecule has 1 aliphatic heterocycles. The predicted octanol–water partition coefficient (Wildman–Crippen LogP) is 3.26. The van der Waals surface area contributed by atoms with Crippen molar-refractivity contribution < 1.29 is 9.32 Å². The Morgan fingerprint density at radius 2 is 2.13 bits per heavy atom. The van der Waals surface area contributed by atoms with Gasteiger partial charge in [0.1, 0.15) is 0 Å². The van der Waals surface area contributed by atoms with Crippen LogP contribution in [0.15, 0.2) is 33.7 Å². The summed E-state index contributed by atoms with van der Waals surface area (Å²) in [6, 6.07) is 8.34. The van der Waals surface area contributed by atoms with Crippen molar-refractivity contribution in [3.05, 3.63) is 41.5 Å². The second-order valence-electron chi connectivity index (χ2n) is 5.82. The minimum Gasteiger partial charge on any atom is -0.339 e. The van der Waals surface area contributed by atoms with E-state index in [2.05, 4.69) is 47.6 Å². The number of benzene rings is 1. The average molecular weight is 331 g/mol. The van der Waals surface area contributed by atoms with Crippen LogP contribution in [0.25, 0.3) is 0 Å². The largest absolute Gasteiger partial charge is 0.339 e. The first-order valence-corrected chi connectivity index (χ1v) is 9.15. The van der Waals surface area contributed by atoms with Gasteiger partial charge in [-0.05, 0) is 30.4 Å². The molecule has 0 saturated carbocycles. The maximum Gasteiger partial charge on any atom is 0.232 e. The molecule has 1 unspecified atom stereocenters. The van der Waals surface area contributed by atoms with E-state index >= 15 is 0 Å². The molecule has 1 atom stereocenters. The third kappa shape index (κ3) is 3.75. The molecule has 1 aromatic heterocycles. The van der Waals surface area contributed by atoms with Crippen LogP contribution in [0.4, 0.5) is 0 Å². The lowest BCUT2D eigenvalue weighted by Crippen LogP contribution is -2.24. The summed E-state index contributed by atoms with van der Waals surface area (Å²) >= 11 is 1.72. The molecule has 1 fully saturated rings. The van der Waals surface area contributed by atoms with Crippen molar-refractivity contribution in [2.75, 3.05) is 12.8 Å². The third-order valence-corrected chi connectivity index (χ3v) is 4.80. The summed E-state index contributed by atoms with van der Waals surface area (Å²) in [5, 5.41) is 3.99. The molecule has 0 N–H and O–H groups in total. The number of aryl methyl sites for hydroxylation is 1. The molecule has 5 nitrogen and oxygen atoms in total. The molecule has 1 aliphatic rings. The summed E-state index contributed by atoms with van der Waals surface area (Å²) in [4.78, 5) is 19.8. The monoisotopic (exact) mass is 331 g/mol. The molecular formula is C17H21N3O2S. The maximum absolute atomic E-state index is 12.2. The highest BCUT2D eigenvalue weighted by Gasteiger charge is 2.34. The zero-order valence-electron chi connectivity index (χ0n) is 13.5. The van der Waals surface area contributed by atoms with E-state index in [-0.39, 0.29) is 11.8 Å². The lowest BCUT2D eigenvalue weighted by Gasteiger charge is -2.16. The Morgan fingerprint density at radius 1 is 1.35 bits per heavy atom. The first kappa shape index (κ1) is 16.1. The van der Waals surface area contributed by atoms with E-state index in [9.17, 15) is 4.79 Å². The van der Waals surface area contributed by atoms with Crippen LogP contribution >= 0.6 is 11.8 Å². The maximum atomic E-state index is 12.2. The number of amides is 1. The fourth-order valence-corrected chi connectivity index (χ4v) is 3.21. The number of aromatic nitrogens is 2. The van der Waals surface area contributed by atoms with Crippen LogP contribution < -0.4 is 0 Å². The van der Waals surface area contributed by atoms with Crippen molar-refractivity contribution in [2.24, 2.45) is 0 Å². The van der Waals surface area contributed by atoms with Crippen molar-refractivity contribution in [1.29, 1.82) is 0 Å². The van der Waals surface area contributed by atoms with Gasteiger partial charge in [-0.15, -0.1) is 11.8 Å². The summed E-state index contributed by atoms with van der Waals surface area (Å²) in [5.41, 5.74) is 1.15. The van der Waals surface area contributed by atoms with E-state index in [1.54, 1.807) is 11.8 Å². The molecule has 2 heterocycles. The van der Waals surface area contributed by atoms with Crippen LogP contribution in [-0.4, -0.2) is 33.7 Å². The van der Waals surface area contributed by atoms with Crippen LogP contribution in [0.2, 0.25) is 0 Å². The molecule has 1 aromatic carbocycles. The third-order valence-electron chi connectivity index (χ3n) is 4.05. The van der Waals surface area contributed by atoms with E-state index in [1.807, 2.05) is 4.90 Å². The highest BCUT2D eigenvalue weighted by Crippen LogP contribution is 2.28. The lowest BCUT2D eigenvalue weighted by atomic mass is 10.1. The Balaban J connectivity index is 1.64. The summed E-state index contributed by atoms with van der Waals surface area (Å²) in [5.74, 6) is 1.51. The summed E-state index contributed by atoms with van der Waals surface area (Å²) in [6.07, 6.45) is 4.31. The Kier molecular flexibility index (Phi) is 5.00. The normalized spacial score (nSPS) is 17.9. The van der Waals surface area contributed by atoms with Crippen LogP contribution in [0, 0.1) is 0 Å². The van der Waals surface area contributed by atoms with E-state index in [0.29, 0.717) is 25.4 Å². The fourth-order valence-electron chi connectivity index (χ4n) is 2.80. The summed E-state index contributed by atoms with van der Waals surface area (Å²) in [7, 11) is 0. The van der Waals surface area contributed by atoms with Gasteiger partial charge in [-0.3, -0.25) is 4.79 Å². The van der Waals surface area contributed by atoms with Crippen LogP contribution in [0.5, 0.6) is 0 Å². The average Bonchev–Trinajstić information content (AvgIpc) is 3.16. The molecule has 23 heavy (non-hydrogen) atoms. The zero-order chi connectivity index (χ0) is 16.2. The quantitative estimate of drug-likeness (QED) is 0.760. The van der Waals surface area contributed by atoms with Gasteiger partial charge in [0.25, 0.3) is 0 Å². The van der Waals surface area contributed by atoms with Crippen molar-refractivity contribution in [1.82, 2.24) is 15.0 Å². The molecule has 2 aromatic rings. The second-order valence-corrected chi connectivity index (χ2v) is 6.70. The standard InChI is InChI=1S/C17H21N3O2S/c1-3-4-15-18-17(22-19-15)13-9-16(21)20(11-13)10-12-5-7-14(23-2)8-6-12/h5-8,13H,3-4,9-11H2,1-2H3. The van der Waals surface area contributed by atoms with E-state index in [0.717, 1.165) is 24.2 Å². The number of rotatable bonds is 6. The molecule has 0 bridgehead atoms. The van der Waals surface area contributed by atoms with Gasteiger partial charge < -0.3 is 9.42 Å². The molecule has 3 rings (SSSR count). The van der Waals surface area contributed by atoms with Crippen LogP contribution in [0.1, 0.15) is 43.0 Å². The van der Waals surface area contributed by atoms with Gasteiger partial charge in [-0.2, -0.15) is 4.98 Å². The Hall–Kier alpha value is -1.82. The van der Waals surface area contributed by atoms with Gasteiger partial charge in [0.15, 0.2) is 5.82 Å². The van der Waals surface area contributed by atoms with E-state index in [4.69, 9.17) is 4.52 Å². The van der Waals surface area contributed by atoms with Gasteiger partial charge in [0, 0.05) is 30.8 Å². The highest BCUT2D eigenvalue weighted by atomic mass is 32.2. The molecule has 1 saturated heterocycles. The Labute approximate surface area is 140 Å². The second kappa shape index (κ2) is 7.17.